The molecule has 2 aromatic rings. The summed E-state index contributed by atoms with van der Waals surface area (Å²) in [5, 5.41) is 2.25. The van der Waals surface area contributed by atoms with Crippen LogP contribution in [0.4, 0.5) is 0 Å². The summed E-state index contributed by atoms with van der Waals surface area (Å²) in [7, 11) is 1.85. The zero-order valence-corrected chi connectivity index (χ0v) is 15.6. The van der Waals surface area contributed by atoms with Gasteiger partial charge in [-0.05, 0) is 61.0 Å². The first-order valence-electron chi connectivity index (χ1n) is 8.40. The second-order valence-corrected chi connectivity index (χ2v) is 7.22. The molecule has 1 heterocycles. The van der Waals surface area contributed by atoms with E-state index >= 15 is 0 Å². The molecule has 3 rings (SSSR count). The summed E-state index contributed by atoms with van der Waals surface area (Å²) in [5.41, 5.74) is 0. The third kappa shape index (κ3) is 4.48. The van der Waals surface area contributed by atoms with Crippen molar-refractivity contribution in [1.82, 2.24) is 9.80 Å². The van der Waals surface area contributed by atoms with Crippen molar-refractivity contribution in [2.24, 2.45) is 0 Å². The van der Waals surface area contributed by atoms with Gasteiger partial charge in [-0.1, -0.05) is 28.1 Å². The van der Waals surface area contributed by atoms with Crippen LogP contribution in [0.2, 0.25) is 0 Å². The first kappa shape index (κ1) is 17.2. The van der Waals surface area contributed by atoms with Crippen molar-refractivity contribution in [2.45, 2.75) is 12.8 Å². The van der Waals surface area contributed by atoms with Crippen LogP contribution < -0.4 is 4.74 Å². The van der Waals surface area contributed by atoms with Crippen molar-refractivity contribution in [3.05, 3.63) is 40.9 Å². The van der Waals surface area contributed by atoms with Gasteiger partial charge in [0, 0.05) is 24.6 Å². The normalized spacial score (nSPS) is 14.9. The molecule has 0 radical (unpaired) electrons. The molecule has 5 heteroatoms. The van der Waals surface area contributed by atoms with Crippen molar-refractivity contribution in [3.8, 4) is 5.75 Å². The average molecular weight is 391 g/mol. The maximum Gasteiger partial charge on any atom is 0.260 e. The van der Waals surface area contributed by atoms with E-state index in [1.54, 1.807) is 4.90 Å². The number of likely N-dealkylation sites (tertiary alicyclic amines) is 1. The van der Waals surface area contributed by atoms with Gasteiger partial charge in [0.05, 0.1) is 0 Å². The Labute approximate surface area is 151 Å². The fraction of sp³-hybridized carbons (Fsp3) is 0.421. The van der Waals surface area contributed by atoms with E-state index in [4.69, 9.17) is 4.74 Å². The molecule has 0 bridgehead atoms. The van der Waals surface area contributed by atoms with E-state index < -0.39 is 0 Å². The van der Waals surface area contributed by atoms with Gasteiger partial charge in [0.25, 0.3) is 5.91 Å². The molecule has 128 valence electrons. The lowest BCUT2D eigenvalue weighted by Crippen LogP contribution is -2.37. The highest BCUT2D eigenvalue weighted by Crippen LogP contribution is 2.24. The smallest absolute Gasteiger partial charge is 0.260 e. The fourth-order valence-corrected chi connectivity index (χ4v) is 3.34. The molecular formula is C19H23BrN2O2. The molecule has 0 N–H and O–H groups in total. The van der Waals surface area contributed by atoms with E-state index in [1.165, 1.54) is 12.8 Å². The van der Waals surface area contributed by atoms with E-state index in [1.807, 2.05) is 37.4 Å². The molecule has 1 aliphatic rings. The van der Waals surface area contributed by atoms with Gasteiger partial charge in [-0.2, -0.15) is 0 Å². The number of halogens is 1. The number of carbonyl (C=O) groups is 1. The molecule has 0 aliphatic carbocycles. The average Bonchev–Trinajstić information content (AvgIpc) is 3.11. The maximum absolute atomic E-state index is 12.2. The van der Waals surface area contributed by atoms with E-state index in [9.17, 15) is 4.79 Å². The highest BCUT2D eigenvalue weighted by atomic mass is 79.9. The van der Waals surface area contributed by atoms with E-state index in [-0.39, 0.29) is 12.5 Å². The Morgan fingerprint density at radius 2 is 1.88 bits per heavy atom. The second-order valence-electron chi connectivity index (χ2n) is 6.31. The quantitative estimate of drug-likeness (QED) is 0.755. The third-order valence-electron chi connectivity index (χ3n) is 4.51. The molecule has 0 saturated carbocycles. The van der Waals surface area contributed by atoms with Gasteiger partial charge in [0.1, 0.15) is 5.75 Å². The fourth-order valence-electron chi connectivity index (χ4n) is 2.96. The second kappa shape index (κ2) is 7.99. The van der Waals surface area contributed by atoms with Gasteiger partial charge < -0.3 is 14.5 Å². The molecule has 2 aromatic carbocycles. The van der Waals surface area contributed by atoms with Gasteiger partial charge in [-0.15, -0.1) is 0 Å². The first-order valence-corrected chi connectivity index (χ1v) is 9.19. The zero-order valence-electron chi connectivity index (χ0n) is 14.0. The number of carbonyl (C=O) groups excluding carboxylic acids is 1. The number of ether oxygens (including phenoxy) is 1. The Balaban J connectivity index is 1.50. The maximum atomic E-state index is 12.2. The zero-order chi connectivity index (χ0) is 16.9. The van der Waals surface area contributed by atoms with Gasteiger partial charge in [0.15, 0.2) is 6.61 Å². The predicted octanol–water partition coefficient (Wildman–Crippen LogP) is 3.54. The number of amides is 1. The van der Waals surface area contributed by atoms with Crippen LogP contribution in [0.5, 0.6) is 5.75 Å². The summed E-state index contributed by atoms with van der Waals surface area (Å²) < 4.78 is 6.74. The molecule has 0 atom stereocenters. The van der Waals surface area contributed by atoms with Crippen molar-refractivity contribution in [1.29, 1.82) is 0 Å². The first-order chi connectivity index (χ1) is 11.6. The number of likely N-dealkylation sites (N-methyl/N-ethyl adjacent to an activating group) is 1. The minimum absolute atomic E-state index is 0.0186. The number of hydrogen-bond donors (Lipinski definition) is 0. The molecule has 1 saturated heterocycles. The lowest BCUT2D eigenvalue weighted by atomic mass is 10.1. The predicted molar refractivity (Wildman–Crippen MR) is 100 cm³/mol. The van der Waals surface area contributed by atoms with Crippen molar-refractivity contribution < 1.29 is 9.53 Å². The third-order valence-corrected chi connectivity index (χ3v) is 5.01. The SMILES string of the molecule is CN(CCN1CCCC1)C(=O)COc1ccc2cc(Br)ccc2c1. The lowest BCUT2D eigenvalue weighted by Gasteiger charge is -2.21. The highest BCUT2D eigenvalue weighted by Gasteiger charge is 2.14. The number of benzene rings is 2. The van der Waals surface area contributed by atoms with Crippen molar-refractivity contribution in [3.63, 3.8) is 0 Å². The Kier molecular flexibility index (Phi) is 5.74. The molecule has 0 aromatic heterocycles. The Bertz CT molecular complexity index is 714. The van der Waals surface area contributed by atoms with Gasteiger partial charge in [-0.3, -0.25) is 4.79 Å². The Morgan fingerprint density at radius 1 is 1.17 bits per heavy atom. The van der Waals surface area contributed by atoms with Crippen molar-refractivity contribution in [2.75, 3.05) is 39.8 Å². The van der Waals surface area contributed by atoms with Gasteiger partial charge >= 0.3 is 0 Å². The van der Waals surface area contributed by atoms with Crippen LogP contribution in [0.1, 0.15) is 12.8 Å². The highest BCUT2D eigenvalue weighted by molar-refractivity contribution is 9.10. The van der Waals surface area contributed by atoms with Crippen LogP contribution in [-0.4, -0.2) is 55.5 Å². The molecule has 24 heavy (non-hydrogen) atoms. The summed E-state index contributed by atoms with van der Waals surface area (Å²) in [4.78, 5) is 16.4. The number of rotatable bonds is 6. The lowest BCUT2D eigenvalue weighted by molar-refractivity contribution is -0.132. The summed E-state index contributed by atoms with van der Waals surface area (Å²) >= 11 is 3.47. The number of hydrogen-bond acceptors (Lipinski definition) is 3. The summed E-state index contributed by atoms with van der Waals surface area (Å²) in [6.45, 7) is 4.11. The van der Waals surface area contributed by atoms with E-state index in [0.29, 0.717) is 0 Å². The van der Waals surface area contributed by atoms with E-state index in [2.05, 4.69) is 26.9 Å². The molecule has 4 nitrogen and oxygen atoms in total. The topological polar surface area (TPSA) is 32.8 Å². The van der Waals surface area contributed by atoms with Gasteiger partial charge in [0.2, 0.25) is 0 Å². The van der Waals surface area contributed by atoms with E-state index in [0.717, 1.165) is 47.2 Å². The molecular weight excluding hydrogens is 368 g/mol. The summed E-state index contributed by atoms with van der Waals surface area (Å²) in [6, 6.07) is 12.0. The van der Waals surface area contributed by atoms with Crippen LogP contribution in [0.3, 0.4) is 0 Å². The Morgan fingerprint density at radius 3 is 2.67 bits per heavy atom. The number of nitrogens with zero attached hydrogens (tertiary/aromatic N) is 2. The van der Waals surface area contributed by atoms with Crippen LogP contribution in [0.15, 0.2) is 40.9 Å². The van der Waals surface area contributed by atoms with Gasteiger partial charge in [-0.25, -0.2) is 0 Å². The molecule has 1 amide bonds. The minimum atomic E-state index is 0.0186. The molecule has 0 unspecified atom stereocenters. The Hall–Kier alpha value is -1.59. The molecule has 0 spiro atoms. The van der Waals surface area contributed by atoms with Crippen LogP contribution in [-0.2, 0) is 4.79 Å². The molecule has 1 fully saturated rings. The largest absolute Gasteiger partial charge is 0.484 e. The van der Waals surface area contributed by atoms with Crippen LogP contribution in [0, 0.1) is 0 Å². The van der Waals surface area contributed by atoms with Crippen LogP contribution >= 0.6 is 15.9 Å². The minimum Gasteiger partial charge on any atom is -0.484 e. The summed E-state index contributed by atoms with van der Waals surface area (Å²) in [5.74, 6) is 0.746. The standard InChI is InChI=1S/C19H23BrN2O2/c1-21(10-11-22-8-2-3-9-22)19(23)14-24-18-7-5-15-12-17(20)6-4-16(15)13-18/h4-7,12-13H,2-3,8-11,14H2,1H3. The van der Waals surface area contributed by atoms with Crippen LogP contribution in [0.25, 0.3) is 10.8 Å². The summed E-state index contributed by atoms with van der Waals surface area (Å²) in [6.07, 6.45) is 2.55. The monoisotopic (exact) mass is 390 g/mol. The number of fused-ring (bicyclic) bond motifs is 1. The molecule has 1 aliphatic heterocycles. The van der Waals surface area contributed by atoms with Crippen molar-refractivity contribution >= 4 is 32.6 Å².